The highest BCUT2D eigenvalue weighted by Gasteiger charge is 2.07. The zero-order valence-corrected chi connectivity index (χ0v) is 10.7. The number of hydrogen-bond acceptors (Lipinski definition) is 3. The van der Waals surface area contributed by atoms with Gasteiger partial charge in [-0.2, -0.15) is 0 Å². The third kappa shape index (κ3) is 4.51. The molecule has 3 heteroatoms. The highest BCUT2D eigenvalue weighted by molar-refractivity contribution is 5.44. The number of nitrogens with one attached hydrogen (secondary N) is 1. The highest BCUT2D eigenvalue weighted by Crippen LogP contribution is 2.18. The zero-order valence-electron chi connectivity index (χ0n) is 10.7. The molecule has 0 saturated carbocycles. The van der Waals surface area contributed by atoms with Gasteiger partial charge in [0.05, 0.1) is 24.2 Å². The van der Waals surface area contributed by atoms with Crippen LogP contribution in [0.2, 0.25) is 0 Å². The molecule has 1 aromatic heterocycles. The Balaban J connectivity index is 2.55. The van der Waals surface area contributed by atoms with Crippen LogP contribution in [0.1, 0.15) is 34.1 Å². The lowest BCUT2D eigenvalue weighted by atomic mass is 10.1. The molecule has 0 aliphatic heterocycles. The van der Waals surface area contributed by atoms with Crippen LogP contribution in [-0.2, 0) is 0 Å². The van der Waals surface area contributed by atoms with Crippen molar-refractivity contribution in [3.05, 3.63) is 18.5 Å². The third-order valence-corrected chi connectivity index (χ3v) is 2.23. The van der Waals surface area contributed by atoms with E-state index in [4.69, 9.17) is 4.74 Å². The minimum atomic E-state index is 0.235. The first-order valence-corrected chi connectivity index (χ1v) is 5.97. The lowest BCUT2D eigenvalue weighted by Gasteiger charge is -2.16. The van der Waals surface area contributed by atoms with Crippen LogP contribution in [0.5, 0.6) is 5.75 Å². The average molecular weight is 222 g/mol. The molecule has 1 atom stereocenters. The largest absolute Gasteiger partial charge is 0.489 e. The maximum atomic E-state index is 5.81. The first kappa shape index (κ1) is 12.8. The Bertz CT molecular complexity index is 313. The van der Waals surface area contributed by atoms with Gasteiger partial charge < -0.3 is 10.1 Å². The van der Waals surface area contributed by atoms with Crippen molar-refractivity contribution < 1.29 is 4.74 Å². The topological polar surface area (TPSA) is 34.2 Å². The summed E-state index contributed by atoms with van der Waals surface area (Å²) in [5.74, 6) is 1.49. The van der Waals surface area contributed by atoms with Gasteiger partial charge in [-0.05, 0) is 26.2 Å². The van der Waals surface area contributed by atoms with Crippen molar-refractivity contribution in [2.45, 2.75) is 40.2 Å². The van der Waals surface area contributed by atoms with Gasteiger partial charge in [-0.25, -0.2) is 0 Å². The highest BCUT2D eigenvalue weighted by atomic mass is 16.5. The van der Waals surface area contributed by atoms with Crippen molar-refractivity contribution >= 4 is 5.69 Å². The number of ether oxygens (including phenoxy) is 1. The van der Waals surface area contributed by atoms with Gasteiger partial charge in [-0.3, -0.25) is 4.98 Å². The third-order valence-electron chi connectivity index (χ3n) is 2.23. The number of hydrogen-bond donors (Lipinski definition) is 1. The van der Waals surface area contributed by atoms with E-state index in [9.17, 15) is 0 Å². The van der Waals surface area contributed by atoms with Gasteiger partial charge in [0.2, 0.25) is 0 Å². The number of rotatable bonds is 6. The number of anilines is 1. The van der Waals surface area contributed by atoms with Gasteiger partial charge in [0.1, 0.15) is 5.75 Å². The molecule has 16 heavy (non-hydrogen) atoms. The maximum Gasteiger partial charge on any atom is 0.140 e. The van der Waals surface area contributed by atoms with Crippen molar-refractivity contribution in [3.63, 3.8) is 0 Å². The SMILES string of the molecule is CCNc1cncc(OC(C)CC(C)C)c1. The molecular weight excluding hydrogens is 200 g/mol. The van der Waals surface area contributed by atoms with Crippen LogP contribution in [0.3, 0.4) is 0 Å². The fourth-order valence-corrected chi connectivity index (χ4v) is 1.73. The zero-order chi connectivity index (χ0) is 12.0. The van der Waals surface area contributed by atoms with Gasteiger partial charge in [0.15, 0.2) is 0 Å². The van der Waals surface area contributed by atoms with Crippen LogP contribution in [0.4, 0.5) is 5.69 Å². The summed E-state index contributed by atoms with van der Waals surface area (Å²) in [6, 6.07) is 1.99. The van der Waals surface area contributed by atoms with Crippen molar-refractivity contribution in [2.75, 3.05) is 11.9 Å². The molecule has 1 rings (SSSR count). The lowest BCUT2D eigenvalue weighted by Crippen LogP contribution is -2.14. The number of aromatic nitrogens is 1. The molecule has 0 aromatic carbocycles. The van der Waals surface area contributed by atoms with E-state index in [1.807, 2.05) is 12.3 Å². The first-order valence-electron chi connectivity index (χ1n) is 5.97. The summed E-state index contributed by atoms with van der Waals surface area (Å²) in [7, 11) is 0. The van der Waals surface area contributed by atoms with E-state index in [2.05, 4.69) is 38.0 Å². The summed E-state index contributed by atoms with van der Waals surface area (Å²) in [5, 5.41) is 3.22. The average Bonchev–Trinajstić information content (AvgIpc) is 2.17. The smallest absolute Gasteiger partial charge is 0.140 e. The Hall–Kier alpha value is -1.25. The van der Waals surface area contributed by atoms with Crippen LogP contribution in [0, 0.1) is 5.92 Å². The van der Waals surface area contributed by atoms with E-state index < -0.39 is 0 Å². The molecule has 3 nitrogen and oxygen atoms in total. The van der Waals surface area contributed by atoms with Gasteiger partial charge in [0.25, 0.3) is 0 Å². The second-order valence-corrected chi connectivity index (χ2v) is 4.50. The molecule has 1 heterocycles. The Kier molecular flexibility index (Phi) is 5.09. The van der Waals surface area contributed by atoms with Crippen LogP contribution in [-0.4, -0.2) is 17.6 Å². The van der Waals surface area contributed by atoms with E-state index in [-0.39, 0.29) is 6.10 Å². The van der Waals surface area contributed by atoms with Crippen molar-refractivity contribution in [1.82, 2.24) is 4.98 Å². The molecule has 0 saturated heterocycles. The minimum absolute atomic E-state index is 0.235. The fraction of sp³-hybridized carbons (Fsp3) is 0.615. The molecule has 0 spiro atoms. The number of pyridine rings is 1. The molecule has 0 fully saturated rings. The predicted octanol–water partition coefficient (Wildman–Crippen LogP) is 3.33. The van der Waals surface area contributed by atoms with Gasteiger partial charge in [-0.1, -0.05) is 13.8 Å². The van der Waals surface area contributed by atoms with Crippen LogP contribution in [0.15, 0.2) is 18.5 Å². The summed E-state index contributed by atoms with van der Waals surface area (Å²) < 4.78 is 5.81. The predicted molar refractivity (Wildman–Crippen MR) is 67.9 cm³/mol. The Morgan fingerprint density at radius 3 is 2.69 bits per heavy atom. The van der Waals surface area contributed by atoms with E-state index in [0.29, 0.717) is 5.92 Å². The van der Waals surface area contributed by atoms with E-state index in [1.165, 1.54) is 0 Å². The molecule has 0 aliphatic rings. The van der Waals surface area contributed by atoms with E-state index in [1.54, 1.807) is 6.20 Å². The van der Waals surface area contributed by atoms with Crippen molar-refractivity contribution in [1.29, 1.82) is 0 Å². The van der Waals surface area contributed by atoms with Gasteiger partial charge in [0, 0.05) is 12.6 Å². The molecule has 1 N–H and O–H groups in total. The monoisotopic (exact) mass is 222 g/mol. The molecular formula is C13H22N2O. The van der Waals surface area contributed by atoms with E-state index >= 15 is 0 Å². The molecule has 1 unspecified atom stereocenters. The van der Waals surface area contributed by atoms with Crippen LogP contribution >= 0.6 is 0 Å². The fourth-order valence-electron chi connectivity index (χ4n) is 1.73. The van der Waals surface area contributed by atoms with Crippen LogP contribution < -0.4 is 10.1 Å². The van der Waals surface area contributed by atoms with Gasteiger partial charge >= 0.3 is 0 Å². The van der Waals surface area contributed by atoms with Crippen LogP contribution in [0.25, 0.3) is 0 Å². The van der Waals surface area contributed by atoms with E-state index in [0.717, 1.165) is 24.4 Å². The second kappa shape index (κ2) is 6.36. The Morgan fingerprint density at radius 2 is 2.06 bits per heavy atom. The Morgan fingerprint density at radius 1 is 1.31 bits per heavy atom. The molecule has 1 aromatic rings. The molecule has 0 aliphatic carbocycles. The summed E-state index contributed by atoms with van der Waals surface area (Å²) in [5.41, 5.74) is 1.01. The summed E-state index contributed by atoms with van der Waals surface area (Å²) >= 11 is 0. The molecule has 90 valence electrons. The molecule has 0 amide bonds. The first-order chi connectivity index (χ1) is 7.61. The molecule has 0 bridgehead atoms. The minimum Gasteiger partial charge on any atom is -0.489 e. The van der Waals surface area contributed by atoms with Gasteiger partial charge in [-0.15, -0.1) is 0 Å². The standard InChI is InChI=1S/C13H22N2O/c1-5-15-12-7-13(9-14-8-12)16-11(4)6-10(2)3/h7-11,15H,5-6H2,1-4H3. The Labute approximate surface area is 98.2 Å². The normalized spacial score (nSPS) is 12.6. The maximum absolute atomic E-state index is 5.81. The quantitative estimate of drug-likeness (QED) is 0.801. The van der Waals surface area contributed by atoms with Crippen molar-refractivity contribution in [3.8, 4) is 5.75 Å². The lowest BCUT2D eigenvalue weighted by molar-refractivity contribution is 0.192. The second-order valence-electron chi connectivity index (χ2n) is 4.50. The summed E-state index contributed by atoms with van der Waals surface area (Å²) in [6.07, 6.45) is 4.87. The number of nitrogens with zero attached hydrogens (tertiary/aromatic N) is 1. The summed E-state index contributed by atoms with van der Waals surface area (Å²) in [6.45, 7) is 9.46. The summed E-state index contributed by atoms with van der Waals surface area (Å²) in [4.78, 5) is 4.15. The molecule has 0 radical (unpaired) electrons. The van der Waals surface area contributed by atoms with Crippen molar-refractivity contribution in [2.24, 2.45) is 5.92 Å².